The van der Waals surface area contributed by atoms with E-state index in [9.17, 15) is 4.79 Å². The molecule has 1 aromatic carbocycles. The normalized spacial score (nSPS) is 16.6. The average molecular weight is 264 g/mol. The molecular formula is C15H24N2O2. The Morgan fingerprint density at radius 2 is 1.95 bits per heavy atom. The van der Waals surface area contributed by atoms with Crippen LogP contribution in [-0.2, 0) is 11.3 Å². The molecule has 1 fully saturated rings. The van der Waals surface area contributed by atoms with Crippen molar-refractivity contribution in [2.24, 2.45) is 5.73 Å². The molecule has 1 aliphatic rings. The second-order valence-corrected chi connectivity index (χ2v) is 4.63. The van der Waals surface area contributed by atoms with Crippen LogP contribution in [0.1, 0.15) is 39.2 Å². The zero-order valence-corrected chi connectivity index (χ0v) is 12.0. The van der Waals surface area contributed by atoms with Crippen LogP contribution >= 0.6 is 0 Å². The maximum absolute atomic E-state index is 11.6. The molecule has 1 amide bonds. The number of carbonyl (C=O) groups is 1. The van der Waals surface area contributed by atoms with Crippen LogP contribution < -0.4 is 11.1 Å². The van der Waals surface area contributed by atoms with Gasteiger partial charge in [0.15, 0.2) is 0 Å². The predicted octanol–water partition coefficient (Wildman–Crippen LogP) is 2.82. The van der Waals surface area contributed by atoms with E-state index in [1.165, 1.54) is 0 Å². The molecule has 19 heavy (non-hydrogen) atoms. The summed E-state index contributed by atoms with van der Waals surface area (Å²) < 4.78 is 5.15. The SMILES string of the molecule is CC.CC(N)C1(NC(=O)OCc2ccccc2)CC1. The highest BCUT2D eigenvalue weighted by Crippen LogP contribution is 2.37. The first-order valence-electron chi connectivity index (χ1n) is 6.87. The van der Waals surface area contributed by atoms with Gasteiger partial charge in [-0.15, -0.1) is 0 Å². The maximum atomic E-state index is 11.6. The first-order chi connectivity index (χ1) is 9.12. The molecule has 1 aromatic rings. The van der Waals surface area contributed by atoms with Crippen molar-refractivity contribution in [2.45, 2.75) is 51.8 Å². The molecule has 4 nitrogen and oxygen atoms in total. The molecule has 4 heteroatoms. The summed E-state index contributed by atoms with van der Waals surface area (Å²) in [6, 6.07) is 9.57. The van der Waals surface area contributed by atoms with E-state index < -0.39 is 0 Å². The zero-order valence-electron chi connectivity index (χ0n) is 12.0. The van der Waals surface area contributed by atoms with E-state index >= 15 is 0 Å². The highest BCUT2D eigenvalue weighted by Gasteiger charge is 2.47. The van der Waals surface area contributed by atoms with Gasteiger partial charge in [-0.1, -0.05) is 44.2 Å². The Labute approximate surface area is 115 Å². The molecule has 1 atom stereocenters. The number of carbonyl (C=O) groups excluding carboxylic acids is 1. The lowest BCUT2D eigenvalue weighted by Gasteiger charge is -2.20. The summed E-state index contributed by atoms with van der Waals surface area (Å²) in [6.45, 7) is 6.20. The fourth-order valence-electron chi connectivity index (χ4n) is 1.79. The Morgan fingerprint density at radius 1 is 1.37 bits per heavy atom. The lowest BCUT2D eigenvalue weighted by Crippen LogP contribution is -2.48. The van der Waals surface area contributed by atoms with Crippen LogP contribution in [0.5, 0.6) is 0 Å². The van der Waals surface area contributed by atoms with Crippen LogP contribution in [-0.4, -0.2) is 17.7 Å². The molecular weight excluding hydrogens is 240 g/mol. The van der Waals surface area contributed by atoms with E-state index in [0.717, 1.165) is 18.4 Å². The molecule has 1 saturated carbocycles. The molecule has 0 aliphatic heterocycles. The Hall–Kier alpha value is -1.55. The van der Waals surface area contributed by atoms with Crippen molar-refractivity contribution in [3.63, 3.8) is 0 Å². The van der Waals surface area contributed by atoms with Crippen molar-refractivity contribution in [3.05, 3.63) is 35.9 Å². The summed E-state index contributed by atoms with van der Waals surface area (Å²) in [4.78, 5) is 11.6. The number of alkyl carbamates (subject to hydrolysis) is 1. The lowest BCUT2D eigenvalue weighted by molar-refractivity contribution is 0.132. The van der Waals surface area contributed by atoms with E-state index in [2.05, 4.69) is 5.32 Å². The maximum Gasteiger partial charge on any atom is 0.407 e. The van der Waals surface area contributed by atoms with E-state index in [0.29, 0.717) is 6.61 Å². The molecule has 0 bridgehead atoms. The van der Waals surface area contributed by atoms with Crippen LogP contribution in [0, 0.1) is 0 Å². The molecule has 1 aliphatic carbocycles. The number of nitrogens with two attached hydrogens (primary N) is 1. The van der Waals surface area contributed by atoms with Gasteiger partial charge >= 0.3 is 6.09 Å². The number of amides is 1. The highest BCUT2D eigenvalue weighted by molar-refractivity contribution is 5.69. The number of rotatable bonds is 4. The van der Waals surface area contributed by atoms with Gasteiger partial charge in [-0.3, -0.25) is 0 Å². The molecule has 0 heterocycles. The van der Waals surface area contributed by atoms with Gasteiger partial charge in [0, 0.05) is 6.04 Å². The van der Waals surface area contributed by atoms with Crippen molar-refractivity contribution in [3.8, 4) is 0 Å². The minimum atomic E-state index is -0.386. The number of benzene rings is 1. The molecule has 1 unspecified atom stereocenters. The third kappa shape index (κ3) is 4.56. The third-order valence-electron chi connectivity index (χ3n) is 3.22. The van der Waals surface area contributed by atoms with Crippen molar-refractivity contribution < 1.29 is 9.53 Å². The number of nitrogens with one attached hydrogen (secondary N) is 1. The largest absolute Gasteiger partial charge is 0.445 e. The lowest BCUT2D eigenvalue weighted by atomic mass is 10.1. The topological polar surface area (TPSA) is 64.3 Å². The molecule has 106 valence electrons. The minimum absolute atomic E-state index is 0.0354. The van der Waals surface area contributed by atoms with Gasteiger partial charge in [0.25, 0.3) is 0 Å². The minimum Gasteiger partial charge on any atom is -0.445 e. The summed E-state index contributed by atoms with van der Waals surface area (Å²) in [7, 11) is 0. The zero-order chi connectivity index (χ0) is 14.3. The Kier molecular flexibility index (Phi) is 5.83. The van der Waals surface area contributed by atoms with Crippen LogP contribution in [0.3, 0.4) is 0 Å². The number of hydrogen-bond acceptors (Lipinski definition) is 3. The molecule has 3 N–H and O–H groups in total. The second-order valence-electron chi connectivity index (χ2n) is 4.63. The van der Waals surface area contributed by atoms with Gasteiger partial charge in [0.2, 0.25) is 0 Å². The third-order valence-corrected chi connectivity index (χ3v) is 3.22. The van der Waals surface area contributed by atoms with Gasteiger partial charge < -0.3 is 15.8 Å². The van der Waals surface area contributed by atoms with Crippen LogP contribution in [0.15, 0.2) is 30.3 Å². The number of hydrogen-bond donors (Lipinski definition) is 2. The van der Waals surface area contributed by atoms with Crippen LogP contribution in [0.2, 0.25) is 0 Å². The average Bonchev–Trinajstić information content (AvgIpc) is 3.21. The molecule has 0 radical (unpaired) electrons. The van der Waals surface area contributed by atoms with Gasteiger partial charge in [-0.25, -0.2) is 4.79 Å². The predicted molar refractivity (Wildman–Crippen MR) is 76.7 cm³/mol. The van der Waals surface area contributed by atoms with Crippen LogP contribution in [0.4, 0.5) is 4.79 Å². The molecule has 0 aromatic heterocycles. The summed E-state index contributed by atoms with van der Waals surface area (Å²) in [5, 5.41) is 2.85. The highest BCUT2D eigenvalue weighted by atomic mass is 16.5. The first-order valence-corrected chi connectivity index (χ1v) is 6.87. The van der Waals surface area contributed by atoms with Crippen molar-refractivity contribution in [1.82, 2.24) is 5.32 Å². The van der Waals surface area contributed by atoms with Gasteiger partial charge in [-0.05, 0) is 25.3 Å². The fraction of sp³-hybridized carbons (Fsp3) is 0.533. The summed E-state index contributed by atoms with van der Waals surface area (Å²) in [5.41, 5.74) is 6.57. The van der Waals surface area contributed by atoms with Gasteiger partial charge in [0.05, 0.1) is 5.54 Å². The second kappa shape index (κ2) is 7.14. The molecule has 0 spiro atoms. The molecule has 2 rings (SSSR count). The van der Waals surface area contributed by atoms with E-state index in [1.54, 1.807) is 0 Å². The smallest absolute Gasteiger partial charge is 0.407 e. The first kappa shape index (κ1) is 15.5. The van der Waals surface area contributed by atoms with E-state index in [-0.39, 0.29) is 17.7 Å². The monoisotopic (exact) mass is 264 g/mol. The fourth-order valence-corrected chi connectivity index (χ4v) is 1.79. The summed E-state index contributed by atoms with van der Waals surface area (Å²) >= 11 is 0. The van der Waals surface area contributed by atoms with E-state index in [4.69, 9.17) is 10.5 Å². The van der Waals surface area contributed by atoms with Gasteiger partial charge in [-0.2, -0.15) is 0 Å². The number of ether oxygens (including phenoxy) is 1. The van der Waals surface area contributed by atoms with Crippen LogP contribution in [0.25, 0.3) is 0 Å². The van der Waals surface area contributed by atoms with E-state index in [1.807, 2.05) is 51.1 Å². The molecule has 0 saturated heterocycles. The van der Waals surface area contributed by atoms with Crippen molar-refractivity contribution in [1.29, 1.82) is 0 Å². The Balaban J connectivity index is 0.000000861. The Bertz CT molecular complexity index is 386. The quantitative estimate of drug-likeness (QED) is 0.879. The Morgan fingerprint density at radius 3 is 2.42 bits per heavy atom. The van der Waals surface area contributed by atoms with Crippen molar-refractivity contribution >= 4 is 6.09 Å². The van der Waals surface area contributed by atoms with Crippen molar-refractivity contribution in [2.75, 3.05) is 0 Å². The summed E-state index contributed by atoms with van der Waals surface area (Å²) in [5.74, 6) is 0. The summed E-state index contributed by atoms with van der Waals surface area (Å²) in [6.07, 6.45) is 1.49. The standard InChI is InChI=1S/C13H18N2O2.C2H6/c1-10(14)13(7-8-13)15-12(16)17-9-11-5-3-2-4-6-11;1-2/h2-6,10H,7-9,14H2,1H3,(H,15,16);1-2H3. The van der Waals surface area contributed by atoms with Gasteiger partial charge in [0.1, 0.15) is 6.61 Å².